The van der Waals surface area contributed by atoms with Crippen molar-refractivity contribution in [2.24, 2.45) is 0 Å². The SMILES string of the molecule is CN1CCN(c2ccc(Cl)cc2)c2ccc(-c3ccc4nncn4c3)cc2C1.O=C(O)[C@H](O)[C@@H](O)C(=O)O. The van der Waals surface area contributed by atoms with Gasteiger partial charge in [-0.15, -0.1) is 10.2 Å². The molecule has 12 heteroatoms. The number of aliphatic hydroxyl groups excluding tert-OH is 2. The van der Waals surface area contributed by atoms with E-state index in [1.54, 1.807) is 6.33 Å². The summed E-state index contributed by atoms with van der Waals surface area (Å²) in [5.74, 6) is -3.54. The van der Waals surface area contributed by atoms with Crippen LogP contribution in [0.2, 0.25) is 5.02 Å². The van der Waals surface area contributed by atoms with Gasteiger partial charge >= 0.3 is 11.9 Å². The third kappa shape index (κ3) is 6.09. The van der Waals surface area contributed by atoms with Crippen molar-refractivity contribution in [3.8, 4) is 11.1 Å². The molecule has 1 aliphatic rings. The maximum Gasteiger partial charge on any atom is 0.335 e. The molecule has 0 saturated carbocycles. The molecule has 2 aromatic carbocycles. The fourth-order valence-electron chi connectivity index (χ4n) is 4.07. The number of halogens is 1. The van der Waals surface area contributed by atoms with Crippen LogP contribution >= 0.6 is 11.6 Å². The Morgan fingerprint density at radius 3 is 2.24 bits per heavy atom. The van der Waals surface area contributed by atoms with E-state index in [9.17, 15) is 9.59 Å². The van der Waals surface area contributed by atoms with Crippen LogP contribution in [0.15, 0.2) is 67.1 Å². The lowest BCUT2D eigenvalue weighted by atomic mass is 10.0. The Kier molecular flexibility index (Phi) is 8.23. The van der Waals surface area contributed by atoms with E-state index in [1.165, 1.54) is 22.5 Å². The van der Waals surface area contributed by atoms with Gasteiger partial charge in [-0.05, 0) is 72.3 Å². The molecule has 0 unspecified atom stereocenters. The number of aromatic nitrogens is 3. The number of aliphatic carboxylic acids is 2. The van der Waals surface area contributed by atoms with Gasteiger partial charge in [0.2, 0.25) is 0 Å². The highest BCUT2D eigenvalue weighted by Crippen LogP contribution is 2.35. The van der Waals surface area contributed by atoms with Gasteiger partial charge in [0.05, 0.1) is 0 Å². The van der Waals surface area contributed by atoms with Crippen molar-refractivity contribution >= 4 is 40.6 Å². The molecule has 198 valence electrons. The normalized spacial score (nSPS) is 15.1. The van der Waals surface area contributed by atoms with E-state index in [0.29, 0.717) is 0 Å². The number of fused-ring (bicyclic) bond motifs is 2. The minimum Gasteiger partial charge on any atom is -0.479 e. The lowest BCUT2D eigenvalue weighted by molar-refractivity contribution is -0.165. The number of hydrogen-bond donors (Lipinski definition) is 4. The molecular formula is C26H26ClN5O6. The highest BCUT2D eigenvalue weighted by atomic mass is 35.5. The number of likely N-dealkylation sites (N-methyl/N-ethyl adjacent to an activating group) is 1. The predicted molar refractivity (Wildman–Crippen MR) is 141 cm³/mol. The third-order valence-electron chi connectivity index (χ3n) is 6.08. The molecule has 0 bridgehead atoms. The number of nitrogens with zero attached hydrogens (tertiary/aromatic N) is 5. The Hall–Kier alpha value is -4.03. The number of rotatable bonds is 5. The van der Waals surface area contributed by atoms with Crippen molar-refractivity contribution in [3.05, 3.63) is 77.7 Å². The molecule has 3 heterocycles. The van der Waals surface area contributed by atoms with Crippen molar-refractivity contribution < 1.29 is 30.0 Å². The van der Waals surface area contributed by atoms with Crippen molar-refractivity contribution in [1.82, 2.24) is 19.5 Å². The molecule has 0 amide bonds. The minimum absolute atomic E-state index is 0.760. The Bertz CT molecular complexity index is 1430. The van der Waals surface area contributed by atoms with Gasteiger partial charge in [-0.1, -0.05) is 17.7 Å². The van der Waals surface area contributed by atoms with Crippen molar-refractivity contribution in [1.29, 1.82) is 0 Å². The Morgan fingerprint density at radius 2 is 1.58 bits per heavy atom. The van der Waals surface area contributed by atoms with Crippen LogP contribution < -0.4 is 4.90 Å². The molecule has 0 radical (unpaired) electrons. The summed E-state index contributed by atoms with van der Waals surface area (Å²) < 4.78 is 1.95. The quantitative estimate of drug-likeness (QED) is 0.297. The van der Waals surface area contributed by atoms with E-state index in [2.05, 4.69) is 69.6 Å². The minimum atomic E-state index is -2.27. The van der Waals surface area contributed by atoms with E-state index >= 15 is 0 Å². The number of aliphatic hydroxyl groups is 2. The number of carboxylic acids is 2. The van der Waals surface area contributed by atoms with Crippen LogP contribution in [-0.4, -0.2) is 84.2 Å². The summed E-state index contributed by atoms with van der Waals surface area (Å²) >= 11 is 6.09. The average molecular weight is 540 g/mol. The standard InChI is InChI=1S/C22H20ClN5.C4H6O6/c1-26-10-11-28(20-6-4-19(23)5-7-20)21-8-2-16(12-18(21)13-26)17-3-9-22-25-24-15-27(22)14-17;5-1(3(7)8)2(6)4(9)10/h2-9,12,14-15H,10-11,13H2,1H3;1-2,5-6H,(H,7,8)(H,9,10)/t;1-,2-/m.1/s1. The van der Waals surface area contributed by atoms with Crippen molar-refractivity contribution in [3.63, 3.8) is 0 Å². The molecule has 38 heavy (non-hydrogen) atoms. The summed E-state index contributed by atoms with van der Waals surface area (Å²) in [6.07, 6.45) is -0.720. The van der Waals surface area contributed by atoms with Gasteiger partial charge in [0, 0.05) is 42.2 Å². The molecule has 0 saturated heterocycles. The van der Waals surface area contributed by atoms with E-state index in [1.807, 2.05) is 22.6 Å². The molecule has 0 spiro atoms. The molecule has 4 aromatic rings. The molecule has 11 nitrogen and oxygen atoms in total. The second kappa shape index (κ2) is 11.6. The zero-order valence-electron chi connectivity index (χ0n) is 20.3. The van der Waals surface area contributed by atoms with E-state index in [4.69, 9.17) is 32.0 Å². The van der Waals surface area contributed by atoms with Gasteiger partial charge in [-0.2, -0.15) is 0 Å². The average Bonchev–Trinajstić information content (AvgIpc) is 3.31. The molecule has 2 aromatic heterocycles. The fourth-order valence-corrected chi connectivity index (χ4v) is 4.20. The summed E-state index contributed by atoms with van der Waals surface area (Å²) in [7, 11) is 2.17. The summed E-state index contributed by atoms with van der Waals surface area (Å²) in [4.78, 5) is 24.3. The zero-order valence-corrected chi connectivity index (χ0v) is 21.1. The molecule has 4 N–H and O–H groups in total. The second-order valence-corrected chi connectivity index (χ2v) is 9.23. The zero-order chi connectivity index (χ0) is 27.4. The van der Waals surface area contributed by atoms with Crippen LogP contribution in [0.5, 0.6) is 0 Å². The summed E-state index contributed by atoms with van der Waals surface area (Å²) in [5, 5.41) is 41.3. The monoisotopic (exact) mass is 539 g/mol. The second-order valence-electron chi connectivity index (χ2n) is 8.79. The first-order chi connectivity index (χ1) is 18.1. The van der Waals surface area contributed by atoms with Gasteiger partial charge in [0.1, 0.15) is 6.33 Å². The molecule has 2 atom stereocenters. The van der Waals surface area contributed by atoms with E-state index < -0.39 is 24.1 Å². The van der Waals surface area contributed by atoms with Crippen LogP contribution in [0.3, 0.4) is 0 Å². The van der Waals surface area contributed by atoms with Crippen LogP contribution in [-0.2, 0) is 16.1 Å². The number of anilines is 2. The summed E-state index contributed by atoms with van der Waals surface area (Å²) in [6.45, 7) is 2.86. The van der Waals surface area contributed by atoms with E-state index in [-0.39, 0.29) is 0 Å². The van der Waals surface area contributed by atoms with Gasteiger partial charge in [0.15, 0.2) is 17.9 Å². The highest BCUT2D eigenvalue weighted by Gasteiger charge is 2.29. The third-order valence-corrected chi connectivity index (χ3v) is 6.34. The van der Waals surface area contributed by atoms with Crippen molar-refractivity contribution in [2.45, 2.75) is 18.8 Å². The number of benzene rings is 2. The highest BCUT2D eigenvalue weighted by molar-refractivity contribution is 6.30. The molecule has 5 rings (SSSR count). The Labute approximate surface area is 222 Å². The van der Waals surface area contributed by atoms with Crippen molar-refractivity contribution in [2.75, 3.05) is 25.0 Å². The molecular weight excluding hydrogens is 514 g/mol. The molecule has 0 fully saturated rings. The Balaban J connectivity index is 0.000000289. The maximum atomic E-state index is 9.77. The molecule has 0 aliphatic carbocycles. The largest absolute Gasteiger partial charge is 0.479 e. The number of carbonyl (C=O) groups is 2. The van der Waals surface area contributed by atoms with Crippen LogP contribution in [0.4, 0.5) is 11.4 Å². The van der Waals surface area contributed by atoms with E-state index in [0.717, 1.165) is 35.9 Å². The summed E-state index contributed by atoms with van der Waals surface area (Å²) in [6, 6.07) is 18.9. The van der Waals surface area contributed by atoms with Gasteiger partial charge in [-0.3, -0.25) is 4.40 Å². The number of hydrogen-bond acceptors (Lipinski definition) is 8. The smallest absolute Gasteiger partial charge is 0.335 e. The van der Waals surface area contributed by atoms with Gasteiger partial charge < -0.3 is 30.2 Å². The lowest BCUT2D eigenvalue weighted by Crippen LogP contribution is -2.39. The first-order valence-corrected chi connectivity index (χ1v) is 12.0. The van der Waals surface area contributed by atoms with Crippen LogP contribution in [0, 0.1) is 0 Å². The van der Waals surface area contributed by atoms with Crippen LogP contribution in [0.25, 0.3) is 16.8 Å². The Morgan fingerprint density at radius 1 is 0.921 bits per heavy atom. The first kappa shape index (κ1) is 27.0. The number of pyridine rings is 1. The van der Waals surface area contributed by atoms with Crippen LogP contribution in [0.1, 0.15) is 5.56 Å². The molecule has 1 aliphatic heterocycles. The maximum absolute atomic E-state index is 9.77. The first-order valence-electron chi connectivity index (χ1n) is 11.6. The lowest BCUT2D eigenvalue weighted by Gasteiger charge is -2.25. The predicted octanol–water partition coefficient (Wildman–Crippen LogP) is 2.51. The topological polar surface area (TPSA) is 152 Å². The van der Waals surface area contributed by atoms with Gasteiger partial charge in [0.25, 0.3) is 0 Å². The summed E-state index contributed by atoms with van der Waals surface area (Å²) in [5.41, 5.74) is 6.93. The number of carboxylic acid groups (broad SMARTS) is 2. The van der Waals surface area contributed by atoms with Gasteiger partial charge in [-0.25, -0.2) is 9.59 Å². The fraction of sp³-hybridized carbons (Fsp3) is 0.231.